The largest absolute Gasteiger partial charge is 0.460 e. The number of ether oxygens (including phenoxy) is 1. The molecule has 1 fully saturated rings. The normalized spacial score (nSPS) is 18.7. The molecular formula is C11H12N2O4S2. The number of thiol groups is 1. The molecule has 1 aromatic rings. The van der Waals surface area contributed by atoms with Crippen LogP contribution in [-0.4, -0.2) is 41.0 Å². The minimum Gasteiger partial charge on any atom is -0.460 e. The average Bonchev–Trinajstić information content (AvgIpc) is 2.95. The van der Waals surface area contributed by atoms with Crippen LogP contribution in [0.1, 0.15) is 23.8 Å². The van der Waals surface area contributed by atoms with Gasteiger partial charge in [0.15, 0.2) is 5.13 Å². The highest BCUT2D eigenvalue weighted by atomic mass is 32.1. The summed E-state index contributed by atoms with van der Waals surface area (Å²) >= 11 is 5.39. The van der Waals surface area contributed by atoms with Crippen LogP contribution >= 0.6 is 24.0 Å². The topological polar surface area (TPSA) is 76.6 Å². The Kier molecular flexibility index (Phi) is 4.20. The van der Waals surface area contributed by atoms with E-state index < -0.39 is 11.8 Å². The van der Waals surface area contributed by atoms with E-state index in [2.05, 4.69) is 22.3 Å². The van der Waals surface area contributed by atoms with E-state index in [0.29, 0.717) is 18.1 Å². The Morgan fingerprint density at radius 2 is 2.37 bits per heavy atom. The maximum atomic E-state index is 11.7. The van der Waals surface area contributed by atoms with Crippen molar-refractivity contribution in [3.05, 3.63) is 11.1 Å². The first kappa shape index (κ1) is 14.0. The summed E-state index contributed by atoms with van der Waals surface area (Å²) in [6.07, 6.45) is 0.351. The van der Waals surface area contributed by atoms with E-state index in [-0.39, 0.29) is 23.5 Å². The van der Waals surface area contributed by atoms with Gasteiger partial charge in [-0.3, -0.25) is 14.5 Å². The van der Waals surface area contributed by atoms with Gasteiger partial charge < -0.3 is 4.74 Å². The molecule has 1 aliphatic heterocycles. The monoisotopic (exact) mass is 300 g/mol. The number of rotatable bonds is 4. The van der Waals surface area contributed by atoms with Gasteiger partial charge in [0, 0.05) is 23.6 Å². The molecule has 0 aromatic carbocycles. The van der Waals surface area contributed by atoms with Gasteiger partial charge in [-0.15, -0.1) is 11.3 Å². The van der Waals surface area contributed by atoms with Gasteiger partial charge in [0.2, 0.25) is 5.91 Å². The molecule has 1 aromatic heterocycles. The van der Waals surface area contributed by atoms with Crippen molar-refractivity contribution < 1.29 is 19.1 Å². The van der Waals surface area contributed by atoms with Gasteiger partial charge in [0.25, 0.3) is 5.78 Å². The molecule has 19 heavy (non-hydrogen) atoms. The molecule has 102 valence electrons. The van der Waals surface area contributed by atoms with Crippen molar-refractivity contribution in [3.63, 3.8) is 0 Å². The summed E-state index contributed by atoms with van der Waals surface area (Å²) in [5.74, 6) is -1.80. The van der Waals surface area contributed by atoms with E-state index in [1.54, 1.807) is 6.92 Å². The fourth-order valence-corrected chi connectivity index (χ4v) is 2.82. The number of nitrogens with zero attached hydrogens (tertiary/aromatic N) is 2. The van der Waals surface area contributed by atoms with Crippen LogP contribution < -0.4 is 4.90 Å². The highest BCUT2D eigenvalue weighted by Crippen LogP contribution is 2.27. The van der Waals surface area contributed by atoms with Crippen LogP contribution in [0.5, 0.6) is 0 Å². The van der Waals surface area contributed by atoms with Gasteiger partial charge in [0.05, 0.1) is 6.61 Å². The van der Waals surface area contributed by atoms with Crippen molar-refractivity contribution in [1.29, 1.82) is 0 Å². The van der Waals surface area contributed by atoms with Crippen LogP contribution in [0.4, 0.5) is 5.13 Å². The number of carbonyl (C=O) groups is 3. The smallest absolute Gasteiger partial charge is 0.381 e. The Bertz CT molecular complexity index is 529. The zero-order valence-corrected chi connectivity index (χ0v) is 11.9. The molecule has 0 saturated carbocycles. The Hall–Kier alpha value is -1.41. The van der Waals surface area contributed by atoms with E-state index in [1.807, 2.05) is 0 Å². The van der Waals surface area contributed by atoms with Crippen LogP contribution in [0.2, 0.25) is 0 Å². The third-order valence-corrected chi connectivity index (χ3v) is 3.73. The number of anilines is 1. The highest BCUT2D eigenvalue weighted by Gasteiger charge is 2.31. The number of Topliss-reactive ketones (excluding diaryl/α,β-unsaturated/α-hetero) is 1. The summed E-state index contributed by atoms with van der Waals surface area (Å²) < 4.78 is 4.61. The second-order valence-corrected chi connectivity index (χ2v) is 5.49. The molecule has 1 amide bonds. The van der Waals surface area contributed by atoms with Crippen LogP contribution in [-0.2, 0) is 14.3 Å². The lowest BCUT2D eigenvalue weighted by Gasteiger charge is -2.10. The minimum atomic E-state index is -0.931. The number of hydrogen-bond acceptors (Lipinski definition) is 7. The lowest BCUT2D eigenvalue weighted by Crippen LogP contribution is -2.25. The van der Waals surface area contributed by atoms with Crippen LogP contribution in [0.3, 0.4) is 0 Å². The SMILES string of the molecule is CCOC(=O)C(=O)c1csc(N2CC(S)CC2=O)n1. The first-order valence-electron chi connectivity index (χ1n) is 5.68. The van der Waals surface area contributed by atoms with E-state index in [1.165, 1.54) is 10.3 Å². The highest BCUT2D eigenvalue weighted by molar-refractivity contribution is 7.81. The lowest BCUT2D eigenvalue weighted by atomic mass is 10.3. The lowest BCUT2D eigenvalue weighted by molar-refractivity contribution is -0.137. The summed E-state index contributed by atoms with van der Waals surface area (Å²) in [7, 11) is 0. The van der Waals surface area contributed by atoms with Gasteiger partial charge in [-0.05, 0) is 6.92 Å². The van der Waals surface area contributed by atoms with Crippen molar-refractivity contribution in [2.45, 2.75) is 18.6 Å². The maximum Gasteiger partial charge on any atom is 0.381 e. The van der Waals surface area contributed by atoms with Gasteiger partial charge in [-0.2, -0.15) is 12.6 Å². The molecule has 0 spiro atoms. The molecule has 0 aliphatic carbocycles. The second-order valence-electron chi connectivity index (χ2n) is 3.93. The van der Waals surface area contributed by atoms with Crippen LogP contribution in [0, 0.1) is 0 Å². The van der Waals surface area contributed by atoms with Gasteiger partial charge in [-0.25, -0.2) is 9.78 Å². The predicted molar refractivity (Wildman–Crippen MR) is 72.8 cm³/mol. The molecule has 1 saturated heterocycles. The summed E-state index contributed by atoms with van der Waals surface area (Å²) in [5, 5.41) is 1.84. The Balaban J connectivity index is 2.13. The number of hydrogen-bond donors (Lipinski definition) is 1. The first-order chi connectivity index (χ1) is 9.02. The zero-order chi connectivity index (χ0) is 14.0. The summed E-state index contributed by atoms with van der Waals surface area (Å²) in [6, 6.07) is 0. The second kappa shape index (κ2) is 5.70. The molecule has 1 unspecified atom stereocenters. The fourth-order valence-electron chi connectivity index (χ4n) is 1.67. The van der Waals surface area contributed by atoms with E-state index >= 15 is 0 Å². The van der Waals surface area contributed by atoms with Gasteiger partial charge >= 0.3 is 5.97 Å². The standard InChI is InChI=1S/C11H12N2O4S2/c1-2-17-10(16)9(15)7-5-19-11(12-7)13-4-6(18)3-8(13)14/h5-6,18H,2-4H2,1H3. The molecule has 1 atom stereocenters. The number of carbonyl (C=O) groups excluding carboxylic acids is 3. The van der Waals surface area contributed by atoms with Crippen molar-refractivity contribution >= 4 is 46.8 Å². The molecule has 6 nitrogen and oxygen atoms in total. The van der Waals surface area contributed by atoms with E-state index in [4.69, 9.17) is 0 Å². The third kappa shape index (κ3) is 2.95. The van der Waals surface area contributed by atoms with Crippen molar-refractivity contribution in [1.82, 2.24) is 4.98 Å². The van der Waals surface area contributed by atoms with Crippen LogP contribution in [0.15, 0.2) is 5.38 Å². The van der Waals surface area contributed by atoms with Crippen molar-refractivity contribution in [2.24, 2.45) is 0 Å². The van der Waals surface area contributed by atoms with Crippen molar-refractivity contribution in [2.75, 3.05) is 18.1 Å². The molecule has 2 rings (SSSR count). The predicted octanol–water partition coefficient (Wildman–Crippen LogP) is 0.924. The quantitative estimate of drug-likeness (QED) is 0.387. The van der Waals surface area contributed by atoms with Gasteiger partial charge in [-0.1, -0.05) is 0 Å². The molecule has 0 N–H and O–H groups in total. The summed E-state index contributed by atoms with van der Waals surface area (Å²) in [4.78, 5) is 40.1. The van der Waals surface area contributed by atoms with Crippen molar-refractivity contribution in [3.8, 4) is 0 Å². The molecule has 8 heteroatoms. The minimum absolute atomic E-state index is 0.00821. The molecule has 1 aliphatic rings. The fraction of sp³-hybridized carbons (Fsp3) is 0.455. The first-order valence-corrected chi connectivity index (χ1v) is 7.08. The number of ketones is 1. The Morgan fingerprint density at radius 3 is 2.95 bits per heavy atom. The maximum absolute atomic E-state index is 11.7. The Morgan fingerprint density at radius 1 is 1.63 bits per heavy atom. The third-order valence-electron chi connectivity index (χ3n) is 2.52. The molecule has 0 radical (unpaired) electrons. The Labute approximate surface area is 119 Å². The number of aromatic nitrogens is 1. The summed E-state index contributed by atoms with van der Waals surface area (Å²) in [6.45, 7) is 2.21. The van der Waals surface area contributed by atoms with E-state index in [9.17, 15) is 14.4 Å². The molecule has 0 bridgehead atoms. The number of thiazole rings is 1. The zero-order valence-electron chi connectivity index (χ0n) is 10.2. The van der Waals surface area contributed by atoms with Gasteiger partial charge in [0.1, 0.15) is 5.69 Å². The average molecular weight is 300 g/mol. The number of esters is 1. The van der Waals surface area contributed by atoms with Crippen LogP contribution in [0.25, 0.3) is 0 Å². The number of amides is 1. The molecule has 2 heterocycles. The molecular weight excluding hydrogens is 288 g/mol. The summed E-state index contributed by atoms with van der Waals surface area (Å²) in [5.41, 5.74) is 0.00821. The van der Waals surface area contributed by atoms with E-state index in [0.717, 1.165) is 11.3 Å².